The van der Waals surface area contributed by atoms with E-state index in [0.717, 1.165) is 23.4 Å². The zero-order valence-corrected chi connectivity index (χ0v) is 10.9. The molecular formula is C17H16N2. The molecule has 1 N–H and O–H groups in total. The second-order valence-electron chi connectivity index (χ2n) is 4.57. The van der Waals surface area contributed by atoms with E-state index in [9.17, 15) is 0 Å². The quantitative estimate of drug-likeness (QED) is 0.736. The first-order valence-electron chi connectivity index (χ1n) is 6.57. The van der Waals surface area contributed by atoms with Gasteiger partial charge in [-0.2, -0.15) is 0 Å². The number of aryl methyl sites for hydroxylation is 1. The van der Waals surface area contributed by atoms with E-state index < -0.39 is 0 Å². The molecule has 0 aliphatic carbocycles. The molecule has 0 saturated carbocycles. The maximum Gasteiger partial charge on any atom is 0.131 e. The molecule has 0 aliphatic heterocycles. The fourth-order valence-corrected chi connectivity index (χ4v) is 2.12. The van der Waals surface area contributed by atoms with Crippen molar-refractivity contribution < 1.29 is 0 Å². The molecule has 2 aromatic carbocycles. The third-order valence-corrected chi connectivity index (χ3v) is 3.21. The van der Waals surface area contributed by atoms with Gasteiger partial charge >= 0.3 is 0 Å². The number of aromatic nitrogens is 1. The highest BCUT2D eigenvalue weighted by Crippen LogP contribution is 2.20. The molecule has 1 aromatic heterocycles. The molecule has 0 unspecified atom stereocenters. The predicted octanol–water partition coefficient (Wildman–Crippen LogP) is 4.54. The third-order valence-electron chi connectivity index (χ3n) is 3.21. The highest BCUT2D eigenvalue weighted by molar-refractivity contribution is 5.81. The standard InChI is InChI=1S/C17H16N2/c1-2-13-8-9-14-10-11-17(19-16(14)12-13)18-15-6-4-3-5-7-15/h3-12H,2H2,1H3,(H,18,19). The maximum absolute atomic E-state index is 4.67. The van der Waals surface area contributed by atoms with Crippen molar-refractivity contribution >= 4 is 22.4 Å². The van der Waals surface area contributed by atoms with Crippen molar-refractivity contribution in [3.05, 3.63) is 66.2 Å². The lowest BCUT2D eigenvalue weighted by molar-refractivity contribution is 1.14. The minimum atomic E-state index is 0.881. The highest BCUT2D eigenvalue weighted by atomic mass is 15.0. The van der Waals surface area contributed by atoms with Crippen molar-refractivity contribution in [2.75, 3.05) is 5.32 Å². The Hall–Kier alpha value is -2.35. The molecule has 0 saturated heterocycles. The third kappa shape index (κ3) is 2.58. The summed E-state index contributed by atoms with van der Waals surface area (Å²) < 4.78 is 0. The van der Waals surface area contributed by atoms with Gasteiger partial charge in [-0.3, -0.25) is 0 Å². The van der Waals surface area contributed by atoms with Gasteiger partial charge in [0, 0.05) is 11.1 Å². The van der Waals surface area contributed by atoms with Crippen molar-refractivity contribution in [3.63, 3.8) is 0 Å². The zero-order chi connectivity index (χ0) is 13.1. The molecule has 0 amide bonds. The number of fused-ring (bicyclic) bond motifs is 1. The molecule has 94 valence electrons. The van der Waals surface area contributed by atoms with E-state index in [2.05, 4.69) is 41.5 Å². The second-order valence-corrected chi connectivity index (χ2v) is 4.57. The molecular weight excluding hydrogens is 232 g/mol. The number of nitrogens with zero attached hydrogens (tertiary/aromatic N) is 1. The SMILES string of the molecule is CCc1ccc2ccc(Nc3ccccc3)nc2c1. The molecule has 0 radical (unpaired) electrons. The maximum atomic E-state index is 4.67. The van der Waals surface area contributed by atoms with Crippen LogP contribution in [0.2, 0.25) is 0 Å². The number of benzene rings is 2. The van der Waals surface area contributed by atoms with Crippen molar-refractivity contribution in [2.24, 2.45) is 0 Å². The minimum absolute atomic E-state index is 0.881. The molecule has 2 nitrogen and oxygen atoms in total. The highest BCUT2D eigenvalue weighted by Gasteiger charge is 2.00. The Balaban J connectivity index is 1.96. The Morgan fingerprint density at radius 1 is 0.947 bits per heavy atom. The van der Waals surface area contributed by atoms with E-state index in [0.29, 0.717) is 0 Å². The molecule has 0 spiro atoms. The van der Waals surface area contributed by atoms with Crippen LogP contribution in [0, 0.1) is 0 Å². The molecule has 3 rings (SSSR count). The summed E-state index contributed by atoms with van der Waals surface area (Å²) in [6, 6.07) is 20.7. The van der Waals surface area contributed by atoms with E-state index in [-0.39, 0.29) is 0 Å². The summed E-state index contributed by atoms with van der Waals surface area (Å²) in [5.41, 5.74) is 3.41. The number of para-hydroxylation sites is 1. The molecule has 19 heavy (non-hydrogen) atoms. The van der Waals surface area contributed by atoms with Crippen LogP contribution in [-0.2, 0) is 6.42 Å². The zero-order valence-electron chi connectivity index (χ0n) is 10.9. The van der Waals surface area contributed by atoms with Crippen LogP contribution in [-0.4, -0.2) is 4.98 Å². The average Bonchev–Trinajstić information content (AvgIpc) is 2.47. The van der Waals surface area contributed by atoms with Gasteiger partial charge in [0.15, 0.2) is 0 Å². The first kappa shape index (κ1) is 11.7. The van der Waals surface area contributed by atoms with Crippen molar-refractivity contribution in [2.45, 2.75) is 13.3 Å². The molecule has 0 bridgehead atoms. The molecule has 0 atom stereocenters. The summed E-state index contributed by atoms with van der Waals surface area (Å²) in [6.07, 6.45) is 1.04. The number of hydrogen-bond donors (Lipinski definition) is 1. The molecule has 1 heterocycles. The fourth-order valence-electron chi connectivity index (χ4n) is 2.12. The summed E-state index contributed by atoms with van der Waals surface area (Å²) in [5.74, 6) is 0.881. The number of nitrogens with one attached hydrogen (secondary N) is 1. The average molecular weight is 248 g/mol. The van der Waals surface area contributed by atoms with E-state index in [1.54, 1.807) is 0 Å². The second kappa shape index (κ2) is 5.11. The summed E-state index contributed by atoms with van der Waals surface area (Å²) >= 11 is 0. The topological polar surface area (TPSA) is 24.9 Å². The van der Waals surface area contributed by atoms with Crippen LogP contribution in [0.5, 0.6) is 0 Å². The lowest BCUT2D eigenvalue weighted by Gasteiger charge is -2.07. The summed E-state index contributed by atoms with van der Waals surface area (Å²) in [4.78, 5) is 4.67. The Morgan fingerprint density at radius 3 is 2.53 bits per heavy atom. The minimum Gasteiger partial charge on any atom is -0.340 e. The van der Waals surface area contributed by atoms with Crippen molar-refractivity contribution in [1.82, 2.24) is 4.98 Å². The molecule has 0 fully saturated rings. The monoisotopic (exact) mass is 248 g/mol. The van der Waals surface area contributed by atoms with Crippen LogP contribution >= 0.6 is 0 Å². The van der Waals surface area contributed by atoms with Crippen LogP contribution in [0.1, 0.15) is 12.5 Å². The van der Waals surface area contributed by atoms with Gasteiger partial charge in [0.05, 0.1) is 5.52 Å². The van der Waals surface area contributed by atoms with Gasteiger partial charge in [-0.25, -0.2) is 4.98 Å². The number of hydrogen-bond acceptors (Lipinski definition) is 2. The lowest BCUT2D eigenvalue weighted by atomic mass is 10.1. The number of pyridine rings is 1. The van der Waals surface area contributed by atoms with Gasteiger partial charge in [-0.05, 0) is 42.3 Å². The smallest absolute Gasteiger partial charge is 0.131 e. The van der Waals surface area contributed by atoms with Gasteiger partial charge < -0.3 is 5.32 Å². The Morgan fingerprint density at radius 2 is 1.74 bits per heavy atom. The number of rotatable bonds is 3. The molecule has 3 aromatic rings. The van der Waals surface area contributed by atoms with Crippen molar-refractivity contribution in [3.8, 4) is 0 Å². The van der Waals surface area contributed by atoms with Crippen LogP contribution in [0.25, 0.3) is 10.9 Å². The first-order chi connectivity index (χ1) is 9.35. The van der Waals surface area contributed by atoms with Gasteiger partial charge in [0.2, 0.25) is 0 Å². The van der Waals surface area contributed by atoms with Crippen LogP contribution in [0.15, 0.2) is 60.7 Å². The normalized spacial score (nSPS) is 10.6. The van der Waals surface area contributed by atoms with Crippen LogP contribution in [0.3, 0.4) is 0 Å². The van der Waals surface area contributed by atoms with E-state index in [1.165, 1.54) is 10.9 Å². The summed E-state index contributed by atoms with van der Waals surface area (Å²) in [6.45, 7) is 2.16. The van der Waals surface area contributed by atoms with E-state index in [1.807, 2.05) is 36.4 Å². The van der Waals surface area contributed by atoms with E-state index in [4.69, 9.17) is 0 Å². The predicted molar refractivity (Wildman–Crippen MR) is 80.8 cm³/mol. The van der Waals surface area contributed by atoms with Crippen LogP contribution < -0.4 is 5.32 Å². The first-order valence-corrected chi connectivity index (χ1v) is 6.57. The number of anilines is 2. The van der Waals surface area contributed by atoms with Gasteiger partial charge in [0.25, 0.3) is 0 Å². The fraction of sp³-hybridized carbons (Fsp3) is 0.118. The molecule has 0 aliphatic rings. The van der Waals surface area contributed by atoms with Gasteiger partial charge in [-0.15, -0.1) is 0 Å². The Kier molecular flexibility index (Phi) is 3.15. The summed E-state index contributed by atoms with van der Waals surface area (Å²) in [5, 5.41) is 4.50. The summed E-state index contributed by atoms with van der Waals surface area (Å²) in [7, 11) is 0. The largest absolute Gasteiger partial charge is 0.340 e. The Bertz CT molecular complexity index is 690. The lowest BCUT2D eigenvalue weighted by Crippen LogP contribution is -1.93. The van der Waals surface area contributed by atoms with Gasteiger partial charge in [0.1, 0.15) is 5.82 Å². The van der Waals surface area contributed by atoms with Crippen LogP contribution in [0.4, 0.5) is 11.5 Å². The van der Waals surface area contributed by atoms with E-state index >= 15 is 0 Å². The van der Waals surface area contributed by atoms with Gasteiger partial charge in [-0.1, -0.05) is 37.3 Å². The molecule has 2 heteroatoms. The van der Waals surface area contributed by atoms with Crippen molar-refractivity contribution in [1.29, 1.82) is 0 Å². The Labute approximate surface area is 113 Å².